The fourth-order valence-corrected chi connectivity index (χ4v) is 2.71. The van der Waals surface area contributed by atoms with Crippen molar-refractivity contribution in [2.45, 2.75) is 31.5 Å². The van der Waals surface area contributed by atoms with Crippen molar-refractivity contribution in [1.29, 1.82) is 0 Å². The molecule has 6 nitrogen and oxygen atoms in total. The molecule has 3 atom stereocenters. The standard InChI is InChI=1S/C16H23N3O3.ClH/c1-11(20)18-13(10-12-6-4-3-5-7-12)15(21)14-16(22)19(2)9-8-17-14;/h3-7,13-15,17,21H,8-10H2,1-2H3,(H,18,20);1H/t13-,14-,15-;/m0./s1. The first kappa shape index (κ1) is 19.4. The Morgan fingerprint density at radius 3 is 2.70 bits per heavy atom. The predicted molar refractivity (Wildman–Crippen MR) is 90.4 cm³/mol. The minimum atomic E-state index is -0.987. The van der Waals surface area contributed by atoms with Crippen LogP contribution in [0, 0.1) is 0 Å². The van der Waals surface area contributed by atoms with Crippen molar-refractivity contribution < 1.29 is 14.7 Å². The molecule has 0 aliphatic carbocycles. The minimum absolute atomic E-state index is 0. The van der Waals surface area contributed by atoms with Crippen LogP contribution < -0.4 is 10.6 Å². The monoisotopic (exact) mass is 341 g/mol. The van der Waals surface area contributed by atoms with Crippen LogP contribution in [0.4, 0.5) is 0 Å². The highest BCUT2D eigenvalue weighted by molar-refractivity contribution is 5.85. The van der Waals surface area contributed by atoms with Crippen molar-refractivity contribution in [3.63, 3.8) is 0 Å². The molecule has 1 heterocycles. The lowest BCUT2D eigenvalue weighted by Crippen LogP contribution is -2.63. The van der Waals surface area contributed by atoms with Gasteiger partial charge in [0, 0.05) is 27.1 Å². The van der Waals surface area contributed by atoms with E-state index in [4.69, 9.17) is 0 Å². The highest BCUT2D eigenvalue weighted by Gasteiger charge is 2.36. The lowest BCUT2D eigenvalue weighted by Gasteiger charge is -2.36. The Kier molecular flexibility index (Phi) is 7.48. The first-order valence-electron chi connectivity index (χ1n) is 7.46. The van der Waals surface area contributed by atoms with Crippen molar-refractivity contribution in [3.05, 3.63) is 35.9 Å². The molecule has 23 heavy (non-hydrogen) atoms. The summed E-state index contributed by atoms with van der Waals surface area (Å²) in [6.07, 6.45) is -0.518. The summed E-state index contributed by atoms with van der Waals surface area (Å²) in [5.74, 6) is -0.376. The Balaban J connectivity index is 0.00000264. The smallest absolute Gasteiger partial charge is 0.242 e. The second-order valence-corrected chi connectivity index (χ2v) is 5.68. The maximum Gasteiger partial charge on any atom is 0.242 e. The molecule has 0 bridgehead atoms. The van der Waals surface area contributed by atoms with E-state index in [-0.39, 0.29) is 24.2 Å². The highest BCUT2D eigenvalue weighted by atomic mass is 35.5. The average molecular weight is 342 g/mol. The van der Waals surface area contributed by atoms with Gasteiger partial charge in [-0.2, -0.15) is 0 Å². The molecule has 0 unspecified atom stereocenters. The summed E-state index contributed by atoms with van der Waals surface area (Å²) >= 11 is 0. The van der Waals surface area contributed by atoms with Gasteiger partial charge >= 0.3 is 0 Å². The highest BCUT2D eigenvalue weighted by Crippen LogP contribution is 2.12. The van der Waals surface area contributed by atoms with E-state index in [0.29, 0.717) is 19.5 Å². The number of nitrogens with zero attached hydrogens (tertiary/aromatic N) is 1. The normalized spacial score (nSPS) is 20.4. The minimum Gasteiger partial charge on any atom is -0.389 e. The first-order chi connectivity index (χ1) is 10.5. The maximum absolute atomic E-state index is 12.2. The van der Waals surface area contributed by atoms with Crippen LogP contribution in [0.1, 0.15) is 12.5 Å². The summed E-state index contributed by atoms with van der Waals surface area (Å²) < 4.78 is 0. The first-order valence-corrected chi connectivity index (χ1v) is 7.46. The van der Waals surface area contributed by atoms with Gasteiger partial charge in [0.05, 0.1) is 12.1 Å². The molecule has 3 N–H and O–H groups in total. The number of carbonyl (C=O) groups is 2. The predicted octanol–water partition coefficient (Wildman–Crippen LogP) is -0.0533. The number of hydrogen-bond acceptors (Lipinski definition) is 4. The molecular weight excluding hydrogens is 318 g/mol. The molecular formula is C16H24ClN3O3. The summed E-state index contributed by atoms with van der Waals surface area (Å²) in [6.45, 7) is 2.65. The van der Waals surface area contributed by atoms with Crippen LogP contribution >= 0.6 is 12.4 Å². The Morgan fingerprint density at radius 1 is 1.43 bits per heavy atom. The van der Waals surface area contributed by atoms with Gasteiger partial charge < -0.3 is 20.6 Å². The number of aliphatic hydroxyl groups is 1. The molecule has 1 saturated heterocycles. The number of likely N-dealkylation sites (N-methyl/N-ethyl adjacent to an activating group) is 1. The molecule has 2 amide bonds. The van der Waals surface area contributed by atoms with Crippen LogP contribution in [-0.4, -0.2) is 60.1 Å². The lowest BCUT2D eigenvalue weighted by molar-refractivity contribution is -0.138. The van der Waals surface area contributed by atoms with Crippen LogP contribution in [-0.2, 0) is 16.0 Å². The number of amides is 2. The summed E-state index contributed by atoms with van der Waals surface area (Å²) in [7, 11) is 1.72. The molecule has 0 aromatic heterocycles. The van der Waals surface area contributed by atoms with Crippen molar-refractivity contribution in [2.24, 2.45) is 0 Å². The Hall–Kier alpha value is -1.63. The van der Waals surface area contributed by atoms with Crippen molar-refractivity contribution in [1.82, 2.24) is 15.5 Å². The van der Waals surface area contributed by atoms with E-state index < -0.39 is 18.2 Å². The van der Waals surface area contributed by atoms with Crippen molar-refractivity contribution in [3.8, 4) is 0 Å². The second-order valence-electron chi connectivity index (χ2n) is 5.68. The summed E-state index contributed by atoms with van der Waals surface area (Å²) in [5.41, 5.74) is 0.997. The van der Waals surface area contributed by atoms with Crippen molar-refractivity contribution in [2.75, 3.05) is 20.1 Å². The van der Waals surface area contributed by atoms with Crippen LogP contribution in [0.25, 0.3) is 0 Å². The number of benzene rings is 1. The largest absolute Gasteiger partial charge is 0.389 e. The number of hydrogen-bond donors (Lipinski definition) is 3. The lowest BCUT2D eigenvalue weighted by atomic mass is 9.94. The molecule has 1 aromatic rings. The molecule has 0 spiro atoms. The topological polar surface area (TPSA) is 81.7 Å². The van der Waals surface area contributed by atoms with Crippen LogP contribution in [0.2, 0.25) is 0 Å². The maximum atomic E-state index is 12.2. The number of rotatable bonds is 5. The average Bonchev–Trinajstić information content (AvgIpc) is 2.49. The molecule has 2 rings (SSSR count). The van der Waals surface area contributed by atoms with Gasteiger partial charge in [0.2, 0.25) is 11.8 Å². The molecule has 1 aromatic carbocycles. The zero-order valence-electron chi connectivity index (χ0n) is 13.4. The molecule has 7 heteroatoms. The van der Waals surface area contributed by atoms with E-state index in [1.54, 1.807) is 11.9 Å². The van der Waals surface area contributed by atoms with Crippen LogP contribution in [0.5, 0.6) is 0 Å². The van der Waals surface area contributed by atoms with E-state index in [0.717, 1.165) is 5.56 Å². The number of halogens is 1. The summed E-state index contributed by atoms with van der Waals surface area (Å²) in [4.78, 5) is 25.2. The van der Waals surface area contributed by atoms with Gasteiger partial charge in [0.1, 0.15) is 6.04 Å². The van der Waals surface area contributed by atoms with Gasteiger partial charge in [-0.25, -0.2) is 0 Å². The zero-order valence-corrected chi connectivity index (χ0v) is 14.2. The van der Waals surface area contributed by atoms with Gasteiger partial charge in [-0.1, -0.05) is 30.3 Å². The van der Waals surface area contributed by atoms with Gasteiger partial charge in [-0.15, -0.1) is 12.4 Å². The molecule has 128 valence electrons. The van der Waals surface area contributed by atoms with Crippen LogP contribution in [0.15, 0.2) is 30.3 Å². The van der Waals surface area contributed by atoms with E-state index in [1.807, 2.05) is 30.3 Å². The Labute approximate surface area is 142 Å². The SMILES string of the molecule is CC(=O)N[C@@H](Cc1ccccc1)[C@H](O)[C@@H]1NCCN(C)C1=O.Cl. The fraction of sp³-hybridized carbons (Fsp3) is 0.500. The number of carbonyl (C=O) groups excluding carboxylic acids is 2. The van der Waals surface area contributed by atoms with Crippen LogP contribution in [0.3, 0.4) is 0 Å². The Morgan fingerprint density at radius 2 is 2.09 bits per heavy atom. The molecule has 0 saturated carbocycles. The molecule has 0 radical (unpaired) electrons. The van der Waals surface area contributed by atoms with Gasteiger partial charge in [0.25, 0.3) is 0 Å². The van der Waals surface area contributed by atoms with E-state index in [9.17, 15) is 14.7 Å². The fourth-order valence-electron chi connectivity index (χ4n) is 2.71. The third-order valence-electron chi connectivity index (χ3n) is 3.89. The summed E-state index contributed by atoms with van der Waals surface area (Å²) in [5, 5.41) is 16.4. The zero-order chi connectivity index (χ0) is 16.1. The number of aliphatic hydroxyl groups excluding tert-OH is 1. The number of piperazine rings is 1. The van der Waals surface area contributed by atoms with E-state index in [1.165, 1.54) is 6.92 Å². The molecule has 1 aliphatic rings. The molecule has 1 aliphatic heterocycles. The van der Waals surface area contributed by atoms with Gasteiger partial charge in [-0.05, 0) is 12.0 Å². The van der Waals surface area contributed by atoms with Crippen molar-refractivity contribution >= 4 is 24.2 Å². The van der Waals surface area contributed by atoms with E-state index >= 15 is 0 Å². The number of nitrogens with one attached hydrogen (secondary N) is 2. The second kappa shape index (κ2) is 8.86. The van der Waals surface area contributed by atoms with Gasteiger partial charge in [-0.3, -0.25) is 9.59 Å². The molecule has 1 fully saturated rings. The quantitative estimate of drug-likeness (QED) is 0.701. The summed E-state index contributed by atoms with van der Waals surface area (Å²) in [6, 6.07) is 8.38. The third-order valence-corrected chi connectivity index (χ3v) is 3.89. The Bertz CT molecular complexity index is 527. The van der Waals surface area contributed by atoms with Gasteiger partial charge in [0.15, 0.2) is 0 Å². The van der Waals surface area contributed by atoms with E-state index in [2.05, 4.69) is 10.6 Å². The third kappa shape index (κ3) is 5.20.